The molecule has 0 spiro atoms. The molecule has 2 aromatic carbocycles. The van der Waals surface area contributed by atoms with Crippen molar-refractivity contribution in [3.8, 4) is 0 Å². The first-order valence-corrected chi connectivity index (χ1v) is 9.01. The first-order chi connectivity index (χ1) is 12.2. The Morgan fingerprint density at radius 3 is 2.12 bits per heavy atom. The van der Waals surface area contributed by atoms with E-state index in [0.717, 1.165) is 12.8 Å². The number of rotatable bonds is 6. The van der Waals surface area contributed by atoms with Crippen molar-refractivity contribution < 1.29 is 9.59 Å². The van der Waals surface area contributed by atoms with E-state index < -0.39 is 0 Å². The first kappa shape index (κ1) is 19.7. The van der Waals surface area contributed by atoms with Crippen molar-refractivity contribution in [2.24, 2.45) is 0 Å². The van der Waals surface area contributed by atoms with E-state index in [1.807, 2.05) is 20.8 Å². The molecule has 0 saturated heterocycles. The second-order valence-corrected chi connectivity index (χ2v) is 7.67. The lowest BCUT2D eigenvalue weighted by Gasteiger charge is -2.20. The predicted octanol–water partition coefficient (Wildman–Crippen LogP) is 4.48. The molecular weight excluding hydrogens is 324 g/mol. The van der Waals surface area contributed by atoms with Crippen molar-refractivity contribution in [3.63, 3.8) is 0 Å². The lowest BCUT2D eigenvalue weighted by atomic mass is 10.1. The molecule has 0 aromatic heterocycles. The molecule has 4 nitrogen and oxygen atoms in total. The standard InChI is InChI=1S/C22H28N2O2/c1-16-8-10-17(11-9-16)6-5-7-20(25)23-19-14-12-18(13-15-19)21(26)24-22(2,3)4/h8-15H,5-7H2,1-4H3,(H,23,25)(H,24,26). The number of hydrogen-bond donors (Lipinski definition) is 2. The third-order valence-electron chi connectivity index (χ3n) is 3.91. The molecule has 0 aliphatic rings. The Kier molecular flexibility index (Phi) is 6.56. The number of anilines is 1. The topological polar surface area (TPSA) is 58.2 Å². The van der Waals surface area contributed by atoms with E-state index in [-0.39, 0.29) is 17.4 Å². The Morgan fingerprint density at radius 2 is 1.54 bits per heavy atom. The van der Waals surface area contributed by atoms with Gasteiger partial charge in [-0.05, 0) is 70.4 Å². The van der Waals surface area contributed by atoms with Crippen LogP contribution in [0.4, 0.5) is 5.69 Å². The van der Waals surface area contributed by atoms with Gasteiger partial charge in [-0.25, -0.2) is 0 Å². The average molecular weight is 352 g/mol. The zero-order chi connectivity index (χ0) is 19.2. The summed E-state index contributed by atoms with van der Waals surface area (Å²) in [6, 6.07) is 15.4. The van der Waals surface area contributed by atoms with Crippen LogP contribution in [0.2, 0.25) is 0 Å². The van der Waals surface area contributed by atoms with Crippen molar-refractivity contribution in [1.29, 1.82) is 0 Å². The van der Waals surface area contributed by atoms with Gasteiger partial charge in [-0.2, -0.15) is 0 Å². The molecule has 0 radical (unpaired) electrons. The lowest BCUT2D eigenvalue weighted by molar-refractivity contribution is -0.116. The number of benzene rings is 2. The Hall–Kier alpha value is -2.62. The van der Waals surface area contributed by atoms with E-state index in [1.165, 1.54) is 11.1 Å². The molecule has 0 heterocycles. The summed E-state index contributed by atoms with van der Waals surface area (Å²) in [6.07, 6.45) is 2.17. The third kappa shape index (κ3) is 6.71. The zero-order valence-electron chi connectivity index (χ0n) is 16.1. The molecule has 0 bridgehead atoms. The molecular formula is C22H28N2O2. The van der Waals surface area contributed by atoms with E-state index in [1.54, 1.807) is 24.3 Å². The highest BCUT2D eigenvalue weighted by Crippen LogP contribution is 2.13. The second kappa shape index (κ2) is 8.65. The Labute approximate surface area is 156 Å². The van der Waals surface area contributed by atoms with E-state index in [2.05, 4.69) is 41.8 Å². The normalized spacial score (nSPS) is 11.1. The largest absolute Gasteiger partial charge is 0.347 e. The highest BCUT2D eigenvalue weighted by Gasteiger charge is 2.15. The van der Waals surface area contributed by atoms with Crippen LogP contribution in [-0.2, 0) is 11.2 Å². The number of carbonyl (C=O) groups excluding carboxylic acids is 2. The van der Waals surface area contributed by atoms with Gasteiger partial charge in [0.25, 0.3) is 5.91 Å². The third-order valence-corrected chi connectivity index (χ3v) is 3.91. The van der Waals surface area contributed by atoms with E-state index in [9.17, 15) is 9.59 Å². The summed E-state index contributed by atoms with van der Waals surface area (Å²) in [7, 11) is 0. The van der Waals surface area contributed by atoms with Crippen LogP contribution in [0, 0.1) is 6.92 Å². The molecule has 2 aromatic rings. The van der Waals surface area contributed by atoms with Gasteiger partial charge in [-0.15, -0.1) is 0 Å². The molecule has 2 N–H and O–H groups in total. The SMILES string of the molecule is Cc1ccc(CCCC(=O)Nc2ccc(C(=O)NC(C)(C)C)cc2)cc1. The van der Waals surface area contributed by atoms with Gasteiger partial charge < -0.3 is 10.6 Å². The number of carbonyl (C=O) groups is 2. The fourth-order valence-electron chi connectivity index (χ4n) is 2.55. The summed E-state index contributed by atoms with van der Waals surface area (Å²) in [6.45, 7) is 7.89. The number of amides is 2. The molecule has 0 unspecified atom stereocenters. The minimum Gasteiger partial charge on any atom is -0.347 e. The van der Waals surface area contributed by atoms with Crippen molar-refractivity contribution in [2.45, 2.75) is 52.5 Å². The monoisotopic (exact) mass is 352 g/mol. The van der Waals surface area contributed by atoms with Crippen LogP contribution in [0.5, 0.6) is 0 Å². The van der Waals surface area contributed by atoms with Crippen LogP contribution < -0.4 is 10.6 Å². The summed E-state index contributed by atoms with van der Waals surface area (Å²) in [5.41, 5.74) is 3.50. The number of hydrogen-bond acceptors (Lipinski definition) is 2. The van der Waals surface area contributed by atoms with Crippen LogP contribution in [0.15, 0.2) is 48.5 Å². The fraction of sp³-hybridized carbons (Fsp3) is 0.364. The molecule has 138 valence electrons. The van der Waals surface area contributed by atoms with E-state index in [4.69, 9.17) is 0 Å². The van der Waals surface area contributed by atoms with Crippen LogP contribution in [0.1, 0.15) is 55.1 Å². The van der Waals surface area contributed by atoms with E-state index >= 15 is 0 Å². The van der Waals surface area contributed by atoms with Gasteiger partial charge in [0.15, 0.2) is 0 Å². The summed E-state index contributed by atoms with van der Waals surface area (Å²) >= 11 is 0. The summed E-state index contributed by atoms with van der Waals surface area (Å²) in [4.78, 5) is 24.2. The van der Waals surface area contributed by atoms with Gasteiger partial charge in [0.2, 0.25) is 5.91 Å². The van der Waals surface area contributed by atoms with Crippen molar-refractivity contribution in [1.82, 2.24) is 5.32 Å². The molecule has 2 amide bonds. The van der Waals surface area contributed by atoms with Gasteiger partial charge in [0.1, 0.15) is 0 Å². The molecule has 0 aliphatic carbocycles. The molecule has 0 atom stereocenters. The van der Waals surface area contributed by atoms with Gasteiger partial charge in [0.05, 0.1) is 0 Å². The smallest absolute Gasteiger partial charge is 0.251 e. The van der Waals surface area contributed by atoms with Gasteiger partial charge in [-0.1, -0.05) is 29.8 Å². The zero-order valence-corrected chi connectivity index (χ0v) is 16.1. The maximum Gasteiger partial charge on any atom is 0.251 e. The molecule has 26 heavy (non-hydrogen) atoms. The predicted molar refractivity (Wildman–Crippen MR) is 106 cm³/mol. The number of nitrogens with one attached hydrogen (secondary N) is 2. The van der Waals surface area contributed by atoms with Gasteiger partial charge >= 0.3 is 0 Å². The number of aryl methyl sites for hydroxylation is 2. The maximum atomic E-state index is 12.1. The van der Waals surface area contributed by atoms with E-state index in [0.29, 0.717) is 17.7 Å². The van der Waals surface area contributed by atoms with Crippen LogP contribution in [0.25, 0.3) is 0 Å². The average Bonchev–Trinajstić information content (AvgIpc) is 2.56. The quantitative estimate of drug-likeness (QED) is 0.805. The molecule has 2 rings (SSSR count). The van der Waals surface area contributed by atoms with Gasteiger partial charge in [0, 0.05) is 23.2 Å². The minimum absolute atomic E-state index is 0.0102. The Bertz CT molecular complexity index is 741. The van der Waals surface area contributed by atoms with Crippen LogP contribution in [0.3, 0.4) is 0 Å². The first-order valence-electron chi connectivity index (χ1n) is 9.01. The summed E-state index contributed by atoms with van der Waals surface area (Å²) < 4.78 is 0. The van der Waals surface area contributed by atoms with Crippen molar-refractivity contribution in [3.05, 3.63) is 65.2 Å². The molecule has 4 heteroatoms. The fourth-order valence-corrected chi connectivity index (χ4v) is 2.55. The van der Waals surface area contributed by atoms with Crippen LogP contribution >= 0.6 is 0 Å². The lowest BCUT2D eigenvalue weighted by Crippen LogP contribution is -2.40. The molecule has 0 aliphatic heterocycles. The van der Waals surface area contributed by atoms with Crippen LogP contribution in [-0.4, -0.2) is 17.4 Å². The maximum absolute atomic E-state index is 12.1. The minimum atomic E-state index is -0.276. The summed E-state index contributed by atoms with van der Waals surface area (Å²) in [5, 5.41) is 5.80. The summed E-state index contributed by atoms with van der Waals surface area (Å²) in [5.74, 6) is -0.127. The molecule has 0 saturated carbocycles. The second-order valence-electron chi connectivity index (χ2n) is 7.67. The Morgan fingerprint density at radius 1 is 0.923 bits per heavy atom. The van der Waals surface area contributed by atoms with Crippen molar-refractivity contribution in [2.75, 3.05) is 5.32 Å². The highest BCUT2D eigenvalue weighted by molar-refractivity contribution is 5.96. The van der Waals surface area contributed by atoms with Gasteiger partial charge in [-0.3, -0.25) is 9.59 Å². The highest BCUT2D eigenvalue weighted by atomic mass is 16.2. The Balaban J connectivity index is 1.79. The molecule has 0 fully saturated rings. The van der Waals surface area contributed by atoms with Crippen molar-refractivity contribution >= 4 is 17.5 Å².